The van der Waals surface area contributed by atoms with Crippen molar-refractivity contribution in [2.24, 2.45) is 0 Å². The summed E-state index contributed by atoms with van der Waals surface area (Å²) in [5.41, 5.74) is 0. The van der Waals surface area contributed by atoms with Crippen LogP contribution in [0.5, 0.6) is 0 Å². The minimum atomic E-state index is -4.40. The average molecular weight is 842 g/mol. The molecular formula is C49H80NO8P. The molecule has 0 heterocycles. The first kappa shape index (κ1) is 55.7. The Morgan fingerprint density at radius 1 is 0.542 bits per heavy atom. The molecule has 0 spiro atoms. The summed E-state index contributed by atoms with van der Waals surface area (Å²) in [5, 5.41) is 0. The summed E-state index contributed by atoms with van der Waals surface area (Å²) in [6, 6.07) is 0. The maximum absolute atomic E-state index is 12.6. The molecule has 59 heavy (non-hydrogen) atoms. The van der Waals surface area contributed by atoms with Gasteiger partial charge in [0.05, 0.1) is 13.2 Å². The van der Waals surface area contributed by atoms with Crippen LogP contribution in [0.2, 0.25) is 0 Å². The zero-order valence-corrected chi connectivity index (χ0v) is 38.0. The molecule has 2 unspecified atom stereocenters. The molecule has 10 heteroatoms. The van der Waals surface area contributed by atoms with E-state index in [1.807, 2.05) is 26.2 Å². The lowest BCUT2D eigenvalue weighted by Crippen LogP contribution is -2.29. The smallest absolute Gasteiger partial charge is 0.462 e. The molecule has 0 fully saturated rings. The van der Waals surface area contributed by atoms with Crippen molar-refractivity contribution >= 4 is 19.8 Å². The molecule has 0 radical (unpaired) electrons. The van der Waals surface area contributed by atoms with Gasteiger partial charge in [0.15, 0.2) is 6.10 Å². The van der Waals surface area contributed by atoms with Crippen LogP contribution >= 0.6 is 7.82 Å². The standard InChI is InChI=1S/C49H80NO8P/c1-5-7-9-11-13-15-17-19-21-23-24-26-28-30-32-34-36-38-40-42-49(52)58-47(46-57-59(53,54)56-44-43-50(3)4)45-55-48(51)41-39-37-35-33-31-29-27-25-22-20-18-16-14-12-10-8-6-2/h7,9,13,15,19-22,24,26-27,29-30,32-33,35-36,38,47H,5-6,8,10-12,14,16-18,23,25,28,31,34,37,39-46H2,1-4H3,(H,53,54)/b9-7-,15-13-,21-19-,22-20-,26-24-,29-27-,32-30-,35-33-,38-36-. The lowest BCUT2D eigenvalue weighted by Gasteiger charge is -2.20. The minimum Gasteiger partial charge on any atom is -0.462 e. The molecule has 0 aromatic carbocycles. The fraction of sp³-hybridized carbons (Fsp3) is 0.592. The molecule has 0 aliphatic carbocycles. The van der Waals surface area contributed by atoms with E-state index in [0.29, 0.717) is 19.4 Å². The molecule has 0 saturated heterocycles. The van der Waals surface area contributed by atoms with Gasteiger partial charge in [-0.25, -0.2) is 4.57 Å². The lowest BCUT2D eigenvalue weighted by atomic mass is 10.1. The number of likely N-dealkylation sites (N-methyl/N-ethyl adjacent to an activating group) is 1. The van der Waals surface area contributed by atoms with Crippen molar-refractivity contribution < 1.29 is 37.6 Å². The first-order valence-electron chi connectivity index (χ1n) is 22.2. The van der Waals surface area contributed by atoms with E-state index in [9.17, 15) is 19.0 Å². The van der Waals surface area contributed by atoms with Crippen molar-refractivity contribution in [1.29, 1.82) is 0 Å². The number of carbonyl (C=O) groups excluding carboxylic acids is 2. The van der Waals surface area contributed by atoms with Crippen LogP contribution in [-0.2, 0) is 32.7 Å². The summed E-state index contributed by atoms with van der Waals surface area (Å²) in [7, 11) is -0.786. The van der Waals surface area contributed by atoms with Gasteiger partial charge in [0, 0.05) is 19.4 Å². The second kappa shape index (κ2) is 42.8. The summed E-state index contributed by atoms with van der Waals surface area (Å²) in [5.74, 6) is -0.974. The van der Waals surface area contributed by atoms with E-state index in [2.05, 4.69) is 111 Å². The normalized spacial score (nSPS) is 14.4. The maximum Gasteiger partial charge on any atom is 0.472 e. The van der Waals surface area contributed by atoms with E-state index in [0.717, 1.165) is 64.2 Å². The molecular weight excluding hydrogens is 762 g/mol. The lowest BCUT2D eigenvalue weighted by molar-refractivity contribution is -0.161. The van der Waals surface area contributed by atoms with Gasteiger partial charge in [0.1, 0.15) is 6.61 Å². The van der Waals surface area contributed by atoms with Crippen LogP contribution in [0.4, 0.5) is 0 Å². The fourth-order valence-electron chi connectivity index (χ4n) is 5.20. The molecule has 2 atom stereocenters. The maximum atomic E-state index is 12.6. The van der Waals surface area contributed by atoms with Crippen LogP contribution in [0.25, 0.3) is 0 Å². The number of hydrogen-bond acceptors (Lipinski definition) is 8. The number of esters is 2. The van der Waals surface area contributed by atoms with Crippen molar-refractivity contribution in [3.8, 4) is 0 Å². The summed E-state index contributed by atoms with van der Waals surface area (Å²) in [6.45, 7) is 4.03. The number of nitrogens with zero attached hydrogens (tertiary/aromatic N) is 1. The SMILES string of the molecule is CC/C=C\C/C=C\C/C=C\C/C=C\C/C=C\C/C=C\CCC(=O)OC(COC(=O)CCC/C=C\C/C=C\C/C=C\CCCCCCCC)COP(=O)(O)OCCN(C)C. The highest BCUT2D eigenvalue weighted by Gasteiger charge is 2.26. The third kappa shape index (κ3) is 44.1. The van der Waals surface area contributed by atoms with Gasteiger partial charge in [-0.3, -0.25) is 18.6 Å². The Morgan fingerprint density at radius 3 is 1.51 bits per heavy atom. The first-order valence-corrected chi connectivity index (χ1v) is 23.7. The van der Waals surface area contributed by atoms with Gasteiger partial charge in [-0.15, -0.1) is 0 Å². The van der Waals surface area contributed by atoms with Crippen molar-refractivity contribution in [3.05, 3.63) is 109 Å². The first-order chi connectivity index (χ1) is 28.7. The van der Waals surface area contributed by atoms with Gasteiger partial charge in [-0.05, 0) is 97.6 Å². The Labute approximate surface area is 359 Å². The second-order valence-electron chi connectivity index (χ2n) is 14.5. The Bertz CT molecular complexity index is 1340. The predicted octanol–water partition coefficient (Wildman–Crippen LogP) is 13.0. The van der Waals surface area contributed by atoms with Crippen LogP contribution in [0.1, 0.15) is 142 Å². The highest BCUT2D eigenvalue weighted by Crippen LogP contribution is 2.43. The Morgan fingerprint density at radius 2 is 1.00 bits per heavy atom. The number of carbonyl (C=O) groups is 2. The number of unbranched alkanes of at least 4 members (excludes halogenated alkanes) is 7. The van der Waals surface area contributed by atoms with E-state index < -0.39 is 32.5 Å². The van der Waals surface area contributed by atoms with Crippen LogP contribution in [0.3, 0.4) is 0 Å². The van der Waals surface area contributed by atoms with Gasteiger partial charge < -0.3 is 19.3 Å². The summed E-state index contributed by atoms with van der Waals surface area (Å²) < 4.78 is 33.3. The summed E-state index contributed by atoms with van der Waals surface area (Å²) >= 11 is 0. The molecule has 9 nitrogen and oxygen atoms in total. The summed E-state index contributed by atoms with van der Waals surface area (Å²) in [6.07, 6.45) is 55.9. The third-order valence-electron chi connectivity index (χ3n) is 8.58. The monoisotopic (exact) mass is 842 g/mol. The fourth-order valence-corrected chi connectivity index (χ4v) is 5.94. The number of ether oxygens (including phenoxy) is 2. The van der Waals surface area contributed by atoms with Gasteiger partial charge in [-0.2, -0.15) is 0 Å². The molecule has 0 amide bonds. The van der Waals surface area contributed by atoms with E-state index >= 15 is 0 Å². The van der Waals surface area contributed by atoms with Crippen molar-refractivity contribution in [1.82, 2.24) is 4.90 Å². The number of rotatable bonds is 39. The largest absolute Gasteiger partial charge is 0.472 e. The predicted molar refractivity (Wildman–Crippen MR) is 247 cm³/mol. The Hall–Kier alpha value is -3.33. The van der Waals surface area contributed by atoms with Gasteiger partial charge in [0.25, 0.3) is 0 Å². The van der Waals surface area contributed by atoms with Crippen LogP contribution in [-0.4, -0.2) is 68.3 Å². The van der Waals surface area contributed by atoms with E-state index in [1.165, 1.54) is 38.5 Å². The number of allylic oxidation sites excluding steroid dienone is 18. The third-order valence-corrected chi connectivity index (χ3v) is 9.56. The van der Waals surface area contributed by atoms with Gasteiger partial charge in [-0.1, -0.05) is 155 Å². The van der Waals surface area contributed by atoms with Crippen molar-refractivity contribution in [2.75, 3.05) is 40.5 Å². The number of phosphoric ester groups is 1. The minimum absolute atomic E-state index is 0.0202. The molecule has 0 aromatic rings. The van der Waals surface area contributed by atoms with Crippen LogP contribution in [0.15, 0.2) is 109 Å². The van der Waals surface area contributed by atoms with Crippen LogP contribution < -0.4 is 0 Å². The zero-order valence-electron chi connectivity index (χ0n) is 37.1. The van der Waals surface area contributed by atoms with Crippen molar-refractivity contribution in [2.45, 2.75) is 148 Å². The Balaban J connectivity index is 4.52. The molecule has 0 aliphatic rings. The molecule has 1 N–H and O–H groups in total. The quantitative estimate of drug-likeness (QED) is 0.0280. The highest BCUT2D eigenvalue weighted by molar-refractivity contribution is 7.47. The molecule has 0 bridgehead atoms. The van der Waals surface area contributed by atoms with Gasteiger partial charge in [0.2, 0.25) is 0 Å². The molecule has 334 valence electrons. The summed E-state index contributed by atoms with van der Waals surface area (Å²) in [4.78, 5) is 37.0. The van der Waals surface area contributed by atoms with E-state index in [4.69, 9.17) is 18.5 Å². The van der Waals surface area contributed by atoms with E-state index in [1.54, 1.807) is 4.90 Å². The molecule has 0 rings (SSSR count). The van der Waals surface area contributed by atoms with E-state index in [-0.39, 0.29) is 26.1 Å². The van der Waals surface area contributed by atoms with Gasteiger partial charge >= 0.3 is 19.8 Å². The Kier molecular flexibility index (Phi) is 40.4. The average Bonchev–Trinajstić information content (AvgIpc) is 3.20. The molecule has 0 aliphatic heterocycles. The zero-order chi connectivity index (χ0) is 43.3. The molecule has 0 saturated carbocycles. The van der Waals surface area contributed by atoms with Crippen LogP contribution in [0, 0.1) is 0 Å². The molecule has 0 aromatic heterocycles. The topological polar surface area (TPSA) is 112 Å². The number of hydrogen-bond donors (Lipinski definition) is 1. The second-order valence-corrected chi connectivity index (χ2v) is 15.9. The highest BCUT2D eigenvalue weighted by atomic mass is 31.2. The number of phosphoric acid groups is 1. The van der Waals surface area contributed by atoms with Crippen molar-refractivity contribution in [3.63, 3.8) is 0 Å².